The summed E-state index contributed by atoms with van der Waals surface area (Å²) in [5.41, 5.74) is 2.73. The Balaban J connectivity index is 0.00000441. The molecule has 22 heavy (non-hydrogen) atoms. The molecule has 1 N–H and O–H groups in total. The first-order valence-corrected chi connectivity index (χ1v) is 8.18. The number of hydrogen-bond acceptors (Lipinski definition) is 3. The van der Waals surface area contributed by atoms with E-state index in [4.69, 9.17) is 4.52 Å². The molecule has 1 aromatic carbocycles. The van der Waals surface area contributed by atoms with Gasteiger partial charge in [0.15, 0.2) is 0 Å². The van der Waals surface area contributed by atoms with Crippen LogP contribution in [-0.2, 0) is 42.8 Å². The van der Waals surface area contributed by atoms with Crippen LogP contribution in [0.5, 0.6) is 5.75 Å². The standard InChI is InChI=1S/C17H27O3P.Ni/c1-11(20-21-19)8-12-9-13(16(2,3)4)15(18)14(10-12)17(5,6)7;/h9-11,21H,8H2,1-7H3;/p+1. The SMILES string of the molecule is CC(Cc1cc(C(C)(C)C)c(O)c(C(C)(C)C)c1)O[PH+]=O.[Ni]. The molecule has 0 amide bonds. The van der Waals surface area contributed by atoms with Crippen molar-refractivity contribution in [2.24, 2.45) is 0 Å². The number of hydrogen-bond donors (Lipinski definition) is 1. The predicted octanol–water partition coefficient (Wildman–Crippen LogP) is 4.87. The number of phenols is 1. The van der Waals surface area contributed by atoms with Crippen molar-refractivity contribution >= 4 is 8.69 Å². The maximum atomic E-state index is 10.6. The summed E-state index contributed by atoms with van der Waals surface area (Å²) in [5.74, 6) is 0.387. The van der Waals surface area contributed by atoms with E-state index in [-0.39, 0.29) is 33.4 Å². The maximum absolute atomic E-state index is 10.6. The molecule has 0 aliphatic heterocycles. The summed E-state index contributed by atoms with van der Waals surface area (Å²) >= 11 is 0. The van der Waals surface area contributed by atoms with Crippen LogP contribution in [0.4, 0.5) is 0 Å². The Bertz CT molecular complexity index is 481. The third kappa shape index (κ3) is 5.65. The third-order valence-electron chi connectivity index (χ3n) is 3.56. The van der Waals surface area contributed by atoms with Crippen molar-refractivity contribution in [1.29, 1.82) is 0 Å². The summed E-state index contributed by atoms with van der Waals surface area (Å²) in [6.45, 7) is 14.5. The number of aromatic hydroxyl groups is 1. The average Bonchev–Trinajstić information content (AvgIpc) is 2.28. The Kier molecular flexibility index (Phi) is 7.75. The zero-order chi connectivity index (χ0) is 16.4. The van der Waals surface area contributed by atoms with Gasteiger partial charge in [-0.2, -0.15) is 0 Å². The summed E-state index contributed by atoms with van der Waals surface area (Å²) in [4.78, 5) is 0. The maximum Gasteiger partial charge on any atom is 0.494 e. The fourth-order valence-corrected chi connectivity index (χ4v) is 2.66. The van der Waals surface area contributed by atoms with E-state index in [2.05, 4.69) is 41.5 Å². The molecule has 0 fully saturated rings. The van der Waals surface area contributed by atoms with E-state index in [0.717, 1.165) is 16.7 Å². The summed E-state index contributed by atoms with van der Waals surface area (Å²) in [5, 5.41) is 10.6. The van der Waals surface area contributed by atoms with Crippen molar-refractivity contribution in [3.63, 3.8) is 0 Å². The van der Waals surface area contributed by atoms with Crippen LogP contribution in [0, 0.1) is 0 Å². The Morgan fingerprint density at radius 2 is 1.50 bits per heavy atom. The molecule has 1 aromatic rings. The van der Waals surface area contributed by atoms with Crippen LogP contribution >= 0.6 is 8.69 Å². The monoisotopic (exact) mass is 369 g/mol. The van der Waals surface area contributed by atoms with Crippen molar-refractivity contribution in [2.45, 2.75) is 71.8 Å². The fraction of sp³-hybridized carbons (Fsp3) is 0.647. The van der Waals surface area contributed by atoms with Gasteiger partial charge in [0.1, 0.15) is 11.9 Å². The van der Waals surface area contributed by atoms with Crippen LogP contribution in [0.3, 0.4) is 0 Å². The molecular weight excluding hydrogens is 342 g/mol. The van der Waals surface area contributed by atoms with E-state index in [9.17, 15) is 9.67 Å². The minimum atomic E-state index is -0.739. The summed E-state index contributed by atoms with van der Waals surface area (Å²) in [7, 11) is -0.739. The average molecular weight is 370 g/mol. The number of rotatable bonds is 4. The van der Waals surface area contributed by atoms with Crippen LogP contribution in [0.1, 0.15) is 65.2 Å². The Hall–Kier alpha value is -0.426. The van der Waals surface area contributed by atoms with Crippen LogP contribution < -0.4 is 0 Å². The molecule has 128 valence electrons. The van der Waals surface area contributed by atoms with Crippen molar-refractivity contribution in [1.82, 2.24) is 0 Å². The smallest absolute Gasteiger partial charge is 0.494 e. The van der Waals surface area contributed by atoms with Crippen molar-refractivity contribution in [3.8, 4) is 5.75 Å². The van der Waals surface area contributed by atoms with Gasteiger partial charge in [-0.1, -0.05) is 53.7 Å². The molecule has 3 nitrogen and oxygen atoms in total. The first kappa shape index (κ1) is 21.6. The quantitative estimate of drug-likeness (QED) is 0.608. The second kappa shape index (κ2) is 7.91. The summed E-state index contributed by atoms with van der Waals surface area (Å²) in [6.07, 6.45) is 0.577. The van der Waals surface area contributed by atoms with Gasteiger partial charge in [0, 0.05) is 22.9 Å². The van der Waals surface area contributed by atoms with Crippen LogP contribution in [0.2, 0.25) is 0 Å². The van der Waals surface area contributed by atoms with Gasteiger partial charge in [0.2, 0.25) is 0 Å². The summed E-state index contributed by atoms with van der Waals surface area (Å²) < 4.78 is 15.7. The Morgan fingerprint density at radius 3 is 1.82 bits per heavy atom. The van der Waals surface area contributed by atoms with Gasteiger partial charge in [-0.25, -0.2) is 0 Å². The third-order valence-corrected chi connectivity index (χ3v) is 4.06. The first-order valence-electron chi connectivity index (χ1n) is 7.36. The van der Waals surface area contributed by atoms with Gasteiger partial charge in [0.05, 0.1) is 0 Å². The van der Waals surface area contributed by atoms with Gasteiger partial charge in [-0.15, -0.1) is 4.52 Å². The van der Waals surface area contributed by atoms with Crippen molar-refractivity contribution in [2.75, 3.05) is 0 Å². The molecule has 5 heteroatoms. The molecule has 2 atom stereocenters. The normalized spacial score (nSPS) is 13.8. The van der Waals surface area contributed by atoms with Crippen LogP contribution in [0.25, 0.3) is 0 Å². The van der Waals surface area contributed by atoms with Gasteiger partial charge in [0.25, 0.3) is 0 Å². The fourth-order valence-electron chi connectivity index (χ4n) is 2.41. The van der Waals surface area contributed by atoms with E-state index >= 15 is 0 Å². The number of phenolic OH excluding ortho intramolecular Hbond substituents is 1. The van der Waals surface area contributed by atoms with E-state index in [1.165, 1.54) is 0 Å². The minimum Gasteiger partial charge on any atom is -0.507 e. The van der Waals surface area contributed by atoms with Crippen molar-refractivity contribution in [3.05, 3.63) is 28.8 Å². The summed E-state index contributed by atoms with van der Waals surface area (Å²) in [6, 6.07) is 4.08. The van der Waals surface area contributed by atoms with Crippen molar-refractivity contribution < 1.29 is 30.7 Å². The first-order chi connectivity index (χ1) is 9.46. The molecule has 0 saturated carbocycles. The van der Waals surface area contributed by atoms with Gasteiger partial charge in [-0.05, 0) is 39.0 Å². The molecule has 0 bridgehead atoms. The Labute approximate surface area is 146 Å². The second-order valence-electron chi connectivity index (χ2n) is 7.76. The molecule has 0 aliphatic carbocycles. The van der Waals surface area contributed by atoms with E-state index in [1.807, 2.05) is 19.1 Å². The minimum absolute atomic E-state index is 0. The molecule has 0 spiro atoms. The van der Waals surface area contributed by atoms with Crippen LogP contribution in [-0.4, -0.2) is 11.2 Å². The topological polar surface area (TPSA) is 46.5 Å². The molecule has 2 unspecified atom stereocenters. The van der Waals surface area contributed by atoms with Gasteiger partial charge in [-0.3, -0.25) is 0 Å². The van der Waals surface area contributed by atoms with E-state index < -0.39 is 8.69 Å². The molecule has 0 heterocycles. The largest absolute Gasteiger partial charge is 0.507 e. The van der Waals surface area contributed by atoms with E-state index in [1.54, 1.807) is 0 Å². The predicted molar refractivity (Wildman–Crippen MR) is 88.8 cm³/mol. The zero-order valence-electron chi connectivity index (χ0n) is 14.5. The molecule has 0 saturated heterocycles. The number of benzene rings is 1. The molecular formula is C17H28NiO3P+. The van der Waals surface area contributed by atoms with E-state index in [0.29, 0.717) is 12.2 Å². The Morgan fingerprint density at radius 1 is 1.09 bits per heavy atom. The molecule has 0 aliphatic rings. The second-order valence-corrected chi connectivity index (χ2v) is 8.16. The van der Waals surface area contributed by atoms with Crippen LogP contribution in [0.15, 0.2) is 12.1 Å². The zero-order valence-corrected chi connectivity index (χ0v) is 16.5. The van der Waals surface area contributed by atoms with Gasteiger partial charge >= 0.3 is 8.69 Å². The molecule has 1 rings (SSSR count). The molecule has 0 aromatic heterocycles. The van der Waals surface area contributed by atoms with Gasteiger partial charge < -0.3 is 5.11 Å². The molecule has 0 radical (unpaired) electrons.